The summed E-state index contributed by atoms with van der Waals surface area (Å²) in [6.07, 6.45) is -13.0. The molecule has 10 atom stereocenters. The van der Waals surface area contributed by atoms with Crippen LogP contribution in [0.25, 0.3) is 0 Å². The van der Waals surface area contributed by atoms with Crippen molar-refractivity contribution in [1.29, 1.82) is 0 Å². The van der Waals surface area contributed by atoms with E-state index in [1.165, 1.54) is 30.4 Å². The third kappa shape index (κ3) is 23.6. The Morgan fingerprint density at radius 2 is 1.34 bits per heavy atom. The van der Waals surface area contributed by atoms with E-state index < -0.39 is 190 Å². The minimum absolute atomic E-state index is 0.0225. The summed E-state index contributed by atoms with van der Waals surface area (Å²) >= 11 is 2.51. The predicted octanol–water partition coefficient (Wildman–Crippen LogP) is -2.29. The number of carboxylic acid groups (broad SMARTS) is 3. The molecule has 1 aromatic rings. The largest absolute Gasteiger partial charge is 0.481 e. The molecule has 1 aliphatic rings. The number of thioether (sulfide) groups is 2. The lowest BCUT2D eigenvalue weighted by atomic mass is 9.89. The molecule has 1 aromatic carbocycles. The molecule has 0 spiro atoms. The van der Waals surface area contributed by atoms with Gasteiger partial charge in [0.15, 0.2) is 17.9 Å². The molecule has 2 rings (SSSR count). The highest BCUT2D eigenvalue weighted by Crippen LogP contribution is 2.23. The molecule has 1 aliphatic heterocycles. The Balaban J connectivity index is 2.61. The Morgan fingerprint density at radius 3 is 1.89 bits per heavy atom. The first-order chi connectivity index (χ1) is 32.9. The van der Waals surface area contributed by atoms with Crippen molar-refractivity contribution in [3.63, 3.8) is 0 Å². The van der Waals surface area contributed by atoms with E-state index in [2.05, 4.69) is 26.6 Å². The normalized spacial score (nSPS) is 26.3. The summed E-state index contributed by atoms with van der Waals surface area (Å²) in [5.74, 6) is -13.9. The average molecular weight is 1030 g/mol. The standard InChI is InChI=1S/C44H66N6O18S2/c1-22(51)29-15-35(55)30(8-11-38(60)61)48-42(66)27(7-10-37(58)59)14-34(54)31(16-39(62)63)49-44(68)33(47-23(2)52)21-70-19-25-5-3-4-24(12-25)18-69-20-32(40(45)64)50-41(65)26(6-9-36(56)57)13-28(53)17-46-43(29)67/h3-5,12,22,26-27,29-34,39,44,49,51,54,62-63,68H,6-11,13-21H2,1-2H3,(H2,45,64)(H,46,67)(H,47,52)(H,48,66)(H,50,65)(H,56,57)(H,58,59)(H,60,61)/t22-,26-,27-,29+,30+,31+,32+,33+,34?,44?/m1/s1. The van der Waals surface area contributed by atoms with Gasteiger partial charge in [0, 0.05) is 86.3 Å². The molecule has 0 aromatic heterocycles. The lowest BCUT2D eigenvalue weighted by Gasteiger charge is -2.33. The van der Waals surface area contributed by atoms with Crippen molar-refractivity contribution >= 4 is 82.5 Å². The molecule has 26 heteroatoms. The van der Waals surface area contributed by atoms with Gasteiger partial charge in [0.25, 0.3) is 0 Å². The quantitative estimate of drug-likeness (QED) is 0.0873. The smallest absolute Gasteiger partial charge is 0.303 e. The number of amides is 5. The van der Waals surface area contributed by atoms with Gasteiger partial charge in [-0.25, -0.2) is 0 Å². The van der Waals surface area contributed by atoms with Gasteiger partial charge in [-0.3, -0.25) is 53.3 Å². The van der Waals surface area contributed by atoms with Crippen LogP contribution in [0.3, 0.4) is 0 Å². The van der Waals surface area contributed by atoms with Crippen LogP contribution in [0.2, 0.25) is 0 Å². The third-order valence-corrected chi connectivity index (χ3v) is 13.4. The Morgan fingerprint density at radius 1 is 0.786 bits per heavy atom. The van der Waals surface area contributed by atoms with Crippen molar-refractivity contribution in [2.75, 3.05) is 18.1 Å². The van der Waals surface area contributed by atoms with Gasteiger partial charge in [0.2, 0.25) is 29.5 Å². The van der Waals surface area contributed by atoms with Gasteiger partial charge in [-0.05, 0) is 43.7 Å². The van der Waals surface area contributed by atoms with E-state index in [0.717, 1.165) is 18.1 Å². The number of nitrogens with one attached hydrogen (secondary N) is 5. The first kappa shape index (κ1) is 60.9. The van der Waals surface area contributed by atoms with Crippen LogP contribution in [-0.2, 0) is 59.5 Å². The van der Waals surface area contributed by atoms with Crippen LogP contribution < -0.4 is 32.3 Å². The molecule has 0 fully saturated rings. The highest BCUT2D eigenvalue weighted by Gasteiger charge is 2.36. The lowest BCUT2D eigenvalue weighted by Crippen LogP contribution is -2.57. The monoisotopic (exact) mass is 1030 g/mol. The zero-order valence-electron chi connectivity index (χ0n) is 38.8. The fourth-order valence-corrected chi connectivity index (χ4v) is 9.44. The molecule has 1 heterocycles. The van der Waals surface area contributed by atoms with E-state index >= 15 is 0 Å². The second kappa shape index (κ2) is 31.2. The van der Waals surface area contributed by atoms with Crippen molar-refractivity contribution in [3.05, 3.63) is 35.4 Å². The molecule has 0 radical (unpaired) electrons. The molecule has 392 valence electrons. The van der Waals surface area contributed by atoms with Crippen LogP contribution >= 0.6 is 23.5 Å². The Kier molecular flexibility index (Phi) is 27.1. The molecule has 2 bridgehead atoms. The summed E-state index contributed by atoms with van der Waals surface area (Å²) in [5.41, 5.74) is 7.21. The summed E-state index contributed by atoms with van der Waals surface area (Å²) in [5, 5.41) is 93.9. The number of fused-ring (bicyclic) bond motifs is 2. The Labute approximate surface area is 412 Å². The highest BCUT2D eigenvalue weighted by atomic mass is 32.2. The Hall–Kier alpha value is -5.22. The number of Topliss-reactive ketones (excluding diaryl/α,β-unsaturated/α-hetero) is 2. The summed E-state index contributed by atoms with van der Waals surface area (Å²) < 4.78 is 0. The maximum Gasteiger partial charge on any atom is 0.303 e. The number of nitrogens with two attached hydrogens (primary N) is 1. The average Bonchev–Trinajstić information content (AvgIpc) is 3.26. The number of carbonyl (C=O) groups is 10. The summed E-state index contributed by atoms with van der Waals surface area (Å²) in [6, 6.07) is 1.84. The first-order valence-corrected chi connectivity index (χ1v) is 24.7. The maximum absolute atomic E-state index is 13.9. The molecule has 0 aliphatic carbocycles. The van der Waals surface area contributed by atoms with Crippen LogP contribution in [0.5, 0.6) is 0 Å². The number of carboxylic acids is 3. The Bertz CT molecular complexity index is 1980. The number of benzene rings is 1. The van der Waals surface area contributed by atoms with E-state index in [0.29, 0.717) is 11.5 Å². The summed E-state index contributed by atoms with van der Waals surface area (Å²) in [7, 11) is 0. The van der Waals surface area contributed by atoms with Crippen molar-refractivity contribution in [2.24, 2.45) is 23.5 Å². The number of hydrogen-bond donors (Lipinski definition) is 14. The number of aliphatic carboxylic acids is 3. The minimum atomic E-state index is -2.09. The fraction of sp³-hybridized carbons (Fsp3) is 0.636. The van der Waals surface area contributed by atoms with Crippen LogP contribution in [0.4, 0.5) is 0 Å². The molecule has 5 amide bonds. The minimum Gasteiger partial charge on any atom is -0.481 e. The van der Waals surface area contributed by atoms with Gasteiger partial charge in [-0.1, -0.05) is 24.3 Å². The fourth-order valence-electron chi connectivity index (χ4n) is 7.37. The van der Waals surface area contributed by atoms with Gasteiger partial charge in [0.1, 0.15) is 12.3 Å². The second-order valence-electron chi connectivity index (χ2n) is 17.1. The molecular formula is C44H66N6O18S2. The first-order valence-electron chi connectivity index (χ1n) is 22.4. The van der Waals surface area contributed by atoms with Gasteiger partial charge in [0.05, 0.1) is 36.8 Å². The topological polar surface area (TPSA) is 419 Å². The van der Waals surface area contributed by atoms with Crippen molar-refractivity contribution < 1.29 is 88.8 Å². The summed E-state index contributed by atoms with van der Waals surface area (Å²) in [4.78, 5) is 127. The molecule has 24 nitrogen and oxygen atoms in total. The van der Waals surface area contributed by atoms with E-state index in [-0.39, 0.29) is 17.9 Å². The lowest BCUT2D eigenvalue weighted by molar-refractivity contribution is -0.140. The van der Waals surface area contributed by atoms with E-state index in [9.17, 15) is 88.8 Å². The van der Waals surface area contributed by atoms with Crippen LogP contribution in [0.15, 0.2) is 24.3 Å². The third-order valence-electron chi connectivity index (χ3n) is 11.2. The van der Waals surface area contributed by atoms with Crippen LogP contribution in [0.1, 0.15) is 89.2 Å². The highest BCUT2D eigenvalue weighted by molar-refractivity contribution is 7.98. The van der Waals surface area contributed by atoms with Crippen LogP contribution in [0, 0.1) is 17.8 Å². The predicted molar refractivity (Wildman–Crippen MR) is 251 cm³/mol. The summed E-state index contributed by atoms with van der Waals surface area (Å²) in [6.45, 7) is 1.57. The van der Waals surface area contributed by atoms with E-state index in [4.69, 9.17) is 5.73 Å². The van der Waals surface area contributed by atoms with Crippen molar-refractivity contribution in [2.45, 2.75) is 138 Å². The molecule has 0 saturated heterocycles. The number of carbonyl (C=O) groups excluding carboxylic acids is 7. The van der Waals surface area contributed by atoms with Gasteiger partial charge < -0.3 is 67.9 Å². The van der Waals surface area contributed by atoms with Crippen LogP contribution in [-0.4, -0.2) is 167 Å². The molecular weight excluding hydrogens is 965 g/mol. The number of ketones is 2. The second-order valence-corrected chi connectivity index (χ2v) is 19.1. The molecule has 2 unspecified atom stereocenters. The van der Waals surface area contributed by atoms with Gasteiger partial charge >= 0.3 is 17.9 Å². The zero-order chi connectivity index (χ0) is 52.7. The SMILES string of the molecule is CC(=O)N[C@H]1CSCc2cccc(c2)CSC[C@@H](C(N)=O)NC(=O)[C@H](CCC(=O)O)CC(=O)CNC(=O)[C@H]([C@@H](C)O)CC(=O)[C@H](CCC(=O)O)NC(=O)[C@H](CCC(=O)O)CC(O)[C@H](CC(O)O)NC1O. The zero-order valence-corrected chi connectivity index (χ0v) is 40.5. The van der Waals surface area contributed by atoms with Crippen molar-refractivity contribution in [1.82, 2.24) is 26.6 Å². The molecule has 15 N–H and O–H groups in total. The van der Waals surface area contributed by atoms with E-state index in [1.807, 2.05) is 12.1 Å². The van der Waals surface area contributed by atoms with Gasteiger partial charge in [-0.15, -0.1) is 0 Å². The van der Waals surface area contributed by atoms with E-state index in [1.54, 1.807) is 12.1 Å². The number of rotatable bonds is 14. The maximum atomic E-state index is 13.9. The number of primary amides is 1. The molecule has 0 saturated carbocycles. The number of hydrogen-bond acceptors (Lipinski definition) is 18. The number of aliphatic hydroxyl groups excluding tert-OH is 4. The number of aliphatic hydroxyl groups is 5. The van der Waals surface area contributed by atoms with Crippen molar-refractivity contribution in [3.8, 4) is 0 Å². The van der Waals surface area contributed by atoms with Gasteiger partial charge in [-0.2, -0.15) is 23.5 Å². The molecule has 70 heavy (non-hydrogen) atoms.